The lowest BCUT2D eigenvalue weighted by molar-refractivity contribution is -0.139. The van der Waals surface area contributed by atoms with Crippen LogP contribution in [-0.2, 0) is 4.79 Å². The number of rotatable bonds is 7. The first-order chi connectivity index (χ1) is 11.5. The molecular weight excluding hydrogens is 315 g/mol. The second-order valence-electron chi connectivity index (χ2n) is 4.80. The molecule has 0 amide bonds. The Hall–Kier alpha value is -3.15. The van der Waals surface area contributed by atoms with Crippen LogP contribution in [0.15, 0.2) is 48.5 Å². The molecule has 0 radical (unpaired) electrons. The standard InChI is InChI=1S/C18H15FO5/c1-23-17-9-3-12(10-15(17)19)2-8-16(20)13-4-6-14(7-5-13)24-11-18(21)22/h2-10H,11H2,1H3,(H,21,22)/b8-2+. The first-order valence-electron chi connectivity index (χ1n) is 7.00. The van der Waals surface area contributed by atoms with E-state index < -0.39 is 18.4 Å². The van der Waals surface area contributed by atoms with E-state index >= 15 is 0 Å². The summed E-state index contributed by atoms with van der Waals surface area (Å²) in [7, 11) is 1.38. The van der Waals surface area contributed by atoms with Crippen molar-refractivity contribution in [1.29, 1.82) is 0 Å². The fraction of sp³-hybridized carbons (Fsp3) is 0.111. The number of benzene rings is 2. The van der Waals surface area contributed by atoms with Gasteiger partial charge in [-0.05, 0) is 48.0 Å². The Morgan fingerprint density at radius 1 is 1.17 bits per heavy atom. The Kier molecular flexibility index (Phi) is 5.68. The highest BCUT2D eigenvalue weighted by atomic mass is 19.1. The zero-order valence-corrected chi connectivity index (χ0v) is 12.9. The van der Waals surface area contributed by atoms with Gasteiger partial charge in [0.1, 0.15) is 5.75 Å². The predicted molar refractivity (Wildman–Crippen MR) is 85.9 cm³/mol. The van der Waals surface area contributed by atoms with E-state index in [0.717, 1.165) is 0 Å². The van der Waals surface area contributed by atoms with Crippen LogP contribution in [0.5, 0.6) is 11.5 Å². The molecule has 0 unspecified atom stereocenters. The topological polar surface area (TPSA) is 72.8 Å². The van der Waals surface area contributed by atoms with E-state index in [-0.39, 0.29) is 11.5 Å². The molecule has 0 aliphatic heterocycles. The summed E-state index contributed by atoms with van der Waals surface area (Å²) in [5, 5.41) is 8.53. The molecule has 0 fully saturated rings. The molecule has 0 aliphatic carbocycles. The van der Waals surface area contributed by atoms with Gasteiger partial charge in [-0.25, -0.2) is 9.18 Å². The molecule has 0 aromatic heterocycles. The first kappa shape index (κ1) is 17.2. The second kappa shape index (κ2) is 7.92. The molecule has 0 spiro atoms. The summed E-state index contributed by atoms with van der Waals surface area (Å²) in [5.74, 6) is -1.36. The maximum atomic E-state index is 13.6. The first-order valence-corrected chi connectivity index (χ1v) is 7.00. The molecule has 2 aromatic rings. The van der Waals surface area contributed by atoms with E-state index in [1.165, 1.54) is 55.7 Å². The van der Waals surface area contributed by atoms with Gasteiger partial charge in [-0.1, -0.05) is 12.1 Å². The monoisotopic (exact) mass is 330 g/mol. The van der Waals surface area contributed by atoms with Crippen LogP contribution in [-0.4, -0.2) is 30.6 Å². The van der Waals surface area contributed by atoms with Crippen molar-refractivity contribution in [2.45, 2.75) is 0 Å². The molecule has 0 saturated carbocycles. The van der Waals surface area contributed by atoms with Gasteiger partial charge in [-0.3, -0.25) is 4.79 Å². The summed E-state index contributed by atoms with van der Waals surface area (Å²) in [4.78, 5) is 22.5. The molecule has 2 rings (SSSR count). The van der Waals surface area contributed by atoms with Crippen LogP contribution in [0.25, 0.3) is 6.08 Å². The third kappa shape index (κ3) is 4.67. The van der Waals surface area contributed by atoms with Gasteiger partial charge in [-0.15, -0.1) is 0 Å². The average molecular weight is 330 g/mol. The van der Waals surface area contributed by atoms with E-state index in [0.29, 0.717) is 16.9 Å². The highest BCUT2D eigenvalue weighted by Crippen LogP contribution is 2.19. The lowest BCUT2D eigenvalue weighted by Crippen LogP contribution is -2.09. The number of allylic oxidation sites excluding steroid dienone is 1. The lowest BCUT2D eigenvalue weighted by atomic mass is 10.1. The maximum Gasteiger partial charge on any atom is 0.341 e. The molecule has 0 heterocycles. The van der Waals surface area contributed by atoms with Gasteiger partial charge in [0.15, 0.2) is 24.0 Å². The van der Waals surface area contributed by atoms with Crippen molar-refractivity contribution in [3.05, 3.63) is 65.5 Å². The molecule has 0 aliphatic rings. The number of methoxy groups -OCH3 is 1. The summed E-state index contributed by atoms with van der Waals surface area (Å²) in [6, 6.07) is 10.5. The molecular formula is C18H15FO5. The number of carboxylic acids is 1. The summed E-state index contributed by atoms with van der Waals surface area (Å²) in [6.07, 6.45) is 2.83. The van der Waals surface area contributed by atoms with Gasteiger partial charge in [0.2, 0.25) is 0 Å². The highest BCUT2D eigenvalue weighted by Gasteiger charge is 2.05. The van der Waals surface area contributed by atoms with Gasteiger partial charge in [-0.2, -0.15) is 0 Å². The van der Waals surface area contributed by atoms with Crippen molar-refractivity contribution in [1.82, 2.24) is 0 Å². The zero-order valence-electron chi connectivity index (χ0n) is 12.9. The zero-order chi connectivity index (χ0) is 17.5. The van der Waals surface area contributed by atoms with Crippen LogP contribution >= 0.6 is 0 Å². The Balaban J connectivity index is 2.03. The Morgan fingerprint density at radius 3 is 2.46 bits per heavy atom. The van der Waals surface area contributed by atoms with E-state index in [1.807, 2.05) is 0 Å². The summed E-state index contributed by atoms with van der Waals surface area (Å²) in [6.45, 7) is -0.448. The number of hydrogen-bond donors (Lipinski definition) is 1. The molecule has 5 nitrogen and oxygen atoms in total. The van der Waals surface area contributed by atoms with Gasteiger partial charge < -0.3 is 14.6 Å². The largest absolute Gasteiger partial charge is 0.494 e. The van der Waals surface area contributed by atoms with Crippen LogP contribution in [0.3, 0.4) is 0 Å². The molecule has 2 aromatic carbocycles. The Bertz CT molecular complexity index is 765. The molecule has 24 heavy (non-hydrogen) atoms. The molecule has 124 valence electrons. The number of ketones is 1. The van der Waals surface area contributed by atoms with E-state index in [4.69, 9.17) is 14.6 Å². The van der Waals surface area contributed by atoms with Crippen LogP contribution in [0.1, 0.15) is 15.9 Å². The minimum Gasteiger partial charge on any atom is -0.494 e. The summed E-state index contributed by atoms with van der Waals surface area (Å²) >= 11 is 0. The van der Waals surface area contributed by atoms with Crippen LogP contribution in [0.4, 0.5) is 4.39 Å². The highest BCUT2D eigenvalue weighted by molar-refractivity contribution is 6.06. The van der Waals surface area contributed by atoms with E-state index in [9.17, 15) is 14.0 Å². The number of halogens is 1. The minimum absolute atomic E-state index is 0.135. The fourth-order valence-electron chi connectivity index (χ4n) is 1.91. The smallest absolute Gasteiger partial charge is 0.341 e. The number of carbonyl (C=O) groups excluding carboxylic acids is 1. The molecule has 0 saturated heterocycles. The van der Waals surface area contributed by atoms with Crippen LogP contribution in [0, 0.1) is 5.82 Å². The number of aliphatic carboxylic acids is 1. The van der Waals surface area contributed by atoms with Crippen LogP contribution < -0.4 is 9.47 Å². The van der Waals surface area contributed by atoms with Crippen molar-refractivity contribution >= 4 is 17.8 Å². The summed E-state index contributed by atoms with van der Waals surface area (Å²) < 4.78 is 23.4. The van der Waals surface area contributed by atoms with Gasteiger partial charge in [0.25, 0.3) is 0 Å². The third-order valence-electron chi connectivity index (χ3n) is 3.10. The average Bonchev–Trinajstić information content (AvgIpc) is 2.58. The van der Waals surface area contributed by atoms with E-state index in [2.05, 4.69) is 0 Å². The Morgan fingerprint density at radius 2 is 1.88 bits per heavy atom. The van der Waals surface area contributed by atoms with Gasteiger partial charge in [0.05, 0.1) is 7.11 Å². The quantitative estimate of drug-likeness (QED) is 0.623. The van der Waals surface area contributed by atoms with Crippen molar-refractivity contribution in [3.63, 3.8) is 0 Å². The van der Waals surface area contributed by atoms with E-state index in [1.54, 1.807) is 6.07 Å². The fourth-order valence-corrected chi connectivity index (χ4v) is 1.91. The number of hydrogen-bond acceptors (Lipinski definition) is 4. The van der Waals surface area contributed by atoms with Gasteiger partial charge in [0, 0.05) is 5.56 Å². The predicted octanol–water partition coefficient (Wildman–Crippen LogP) is 3.19. The van der Waals surface area contributed by atoms with Gasteiger partial charge >= 0.3 is 5.97 Å². The third-order valence-corrected chi connectivity index (χ3v) is 3.10. The Labute approximate surface area is 137 Å². The molecule has 1 N–H and O–H groups in total. The molecule has 6 heteroatoms. The van der Waals surface area contributed by atoms with Crippen molar-refractivity contribution < 1.29 is 28.6 Å². The number of carbonyl (C=O) groups is 2. The summed E-state index contributed by atoms with van der Waals surface area (Å²) in [5.41, 5.74) is 0.936. The SMILES string of the molecule is COc1ccc(/C=C/C(=O)c2ccc(OCC(=O)O)cc2)cc1F. The molecule has 0 atom stereocenters. The number of ether oxygens (including phenoxy) is 2. The maximum absolute atomic E-state index is 13.6. The molecule has 0 bridgehead atoms. The van der Waals surface area contributed by atoms with Crippen LogP contribution in [0.2, 0.25) is 0 Å². The minimum atomic E-state index is -1.08. The van der Waals surface area contributed by atoms with Crippen molar-refractivity contribution in [2.24, 2.45) is 0 Å². The normalized spacial score (nSPS) is 10.6. The second-order valence-corrected chi connectivity index (χ2v) is 4.80. The lowest BCUT2D eigenvalue weighted by Gasteiger charge is -2.03. The van der Waals surface area contributed by atoms with Crippen molar-refractivity contribution in [3.8, 4) is 11.5 Å². The number of carboxylic acid groups (broad SMARTS) is 1. The van der Waals surface area contributed by atoms with Crippen molar-refractivity contribution in [2.75, 3.05) is 13.7 Å².